The van der Waals surface area contributed by atoms with Gasteiger partial charge in [0, 0.05) is 16.2 Å². The molecular weight excluding hydrogens is 508 g/mol. The number of imidazole rings is 1. The Morgan fingerprint density at radius 1 is 1.06 bits per heavy atom. The normalized spacial score (nSPS) is 13.9. The van der Waals surface area contributed by atoms with Gasteiger partial charge >= 0.3 is 0 Å². The Kier molecular flexibility index (Phi) is 5.49. The number of carbonyl (C=O) groups is 2. The van der Waals surface area contributed by atoms with Gasteiger partial charge in [-0.05, 0) is 40.2 Å². The van der Waals surface area contributed by atoms with Gasteiger partial charge in [0.15, 0.2) is 5.75 Å². The summed E-state index contributed by atoms with van der Waals surface area (Å²) in [7, 11) is 0. The van der Waals surface area contributed by atoms with E-state index in [1.54, 1.807) is 59.2 Å². The molecule has 6 nitrogen and oxygen atoms in total. The van der Waals surface area contributed by atoms with Crippen molar-refractivity contribution in [3.63, 3.8) is 0 Å². The van der Waals surface area contributed by atoms with E-state index in [4.69, 9.17) is 0 Å². The van der Waals surface area contributed by atoms with Crippen LogP contribution in [0, 0.1) is 5.82 Å². The second-order valence-electron chi connectivity index (χ2n) is 7.69. The molecule has 34 heavy (non-hydrogen) atoms. The summed E-state index contributed by atoms with van der Waals surface area (Å²) >= 11 is 3.20. The van der Waals surface area contributed by atoms with E-state index in [1.165, 1.54) is 12.1 Å². The second-order valence-corrected chi connectivity index (χ2v) is 8.54. The zero-order chi connectivity index (χ0) is 24.0. The number of halogens is 3. The van der Waals surface area contributed by atoms with E-state index >= 15 is 0 Å². The Hall–Kier alpha value is -3.85. The molecular formula is C25H16BrF2N3O3. The van der Waals surface area contributed by atoms with Gasteiger partial charge in [0.05, 0.1) is 39.2 Å². The lowest BCUT2D eigenvalue weighted by atomic mass is 10.0. The molecule has 0 bridgehead atoms. The van der Waals surface area contributed by atoms with E-state index in [2.05, 4.69) is 32.4 Å². The summed E-state index contributed by atoms with van der Waals surface area (Å²) < 4.78 is 29.5. The van der Waals surface area contributed by atoms with E-state index in [0.29, 0.717) is 33.5 Å². The van der Waals surface area contributed by atoms with Gasteiger partial charge in [0.2, 0.25) is 0 Å². The number of imide groups is 1. The highest BCUT2D eigenvalue weighted by molar-refractivity contribution is 9.10. The van der Waals surface area contributed by atoms with Crippen LogP contribution in [0.1, 0.15) is 38.1 Å². The summed E-state index contributed by atoms with van der Waals surface area (Å²) in [5.41, 5.74) is 1.85. The van der Waals surface area contributed by atoms with Crippen molar-refractivity contribution >= 4 is 38.8 Å². The molecule has 2 heterocycles. The van der Waals surface area contributed by atoms with E-state index < -0.39 is 23.7 Å². The summed E-state index contributed by atoms with van der Waals surface area (Å²) in [5, 5.41) is 0. The van der Waals surface area contributed by atoms with Crippen LogP contribution in [0.15, 0.2) is 77.8 Å². The second kappa shape index (κ2) is 8.49. The Balaban J connectivity index is 1.68. The Labute approximate surface area is 201 Å². The maximum Gasteiger partial charge on any atom is 0.261 e. The van der Waals surface area contributed by atoms with Crippen molar-refractivity contribution in [1.82, 2.24) is 14.5 Å². The van der Waals surface area contributed by atoms with Crippen LogP contribution in [0.4, 0.5) is 8.92 Å². The number of para-hydroxylation sites is 1. The molecule has 1 unspecified atom stereocenters. The van der Waals surface area contributed by atoms with Gasteiger partial charge in [-0.1, -0.05) is 36.4 Å². The highest BCUT2D eigenvalue weighted by atomic mass is 79.9. The lowest BCUT2D eigenvalue weighted by Gasteiger charge is -2.22. The minimum atomic E-state index is -0.695. The van der Waals surface area contributed by atoms with Crippen LogP contribution < -0.4 is 4.94 Å². The quantitative estimate of drug-likeness (QED) is 0.237. The molecule has 1 aliphatic heterocycles. The fourth-order valence-electron chi connectivity index (χ4n) is 4.25. The highest BCUT2D eigenvalue weighted by Crippen LogP contribution is 2.35. The van der Waals surface area contributed by atoms with Crippen molar-refractivity contribution in [2.75, 3.05) is 0 Å². The van der Waals surface area contributed by atoms with Crippen molar-refractivity contribution in [3.05, 3.63) is 106 Å². The first-order valence-corrected chi connectivity index (χ1v) is 11.0. The van der Waals surface area contributed by atoms with Gasteiger partial charge in [-0.2, -0.15) is 0 Å². The van der Waals surface area contributed by atoms with Crippen LogP contribution in [0.2, 0.25) is 0 Å². The average Bonchev–Trinajstić information content (AvgIpc) is 3.30. The van der Waals surface area contributed by atoms with Crippen molar-refractivity contribution in [1.29, 1.82) is 0 Å². The van der Waals surface area contributed by atoms with Crippen LogP contribution in [0.5, 0.6) is 5.75 Å². The van der Waals surface area contributed by atoms with E-state index in [0.717, 1.165) is 4.90 Å². The van der Waals surface area contributed by atoms with Gasteiger partial charge in [-0.15, -0.1) is 6.58 Å². The minimum absolute atomic E-state index is 0.0258. The third-order valence-corrected chi connectivity index (χ3v) is 6.41. The van der Waals surface area contributed by atoms with Gasteiger partial charge in [0.25, 0.3) is 11.8 Å². The highest BCUT2D eigenvalue weighted by Gasteiger charge is 2.36. The number of hydrogen-bond donors (Lipinski definition) is 0. The first-order chi connectivity index (χ1) is 16.4. The fraction of sp³-hybridized carbons (Fsp3) is 0.0800. The molecule has 9 heteroatoms. The number of fused-ring (bicyclic) bond motifs is 2. The maximum atomic E-state index is 14.3. The Morgan fingerprint density at radius 2 is 1.71 bits per heavy atom. The number of aromatic nitrogens is 2. The number of amides is 2. The smallest absolute Gasteiger partial charge is 0.261 e. The van der Waals surface area contributed by atoms with Gasteiger partial charge < -0.3 is 4.57 Å². The topological polar surface area (TPSA) is 64.4 Å². The van der Waals surface area contributed by atoms with Gasteiger partial charge in [-0.3, -0.25) is 19.4 Å². The molecule has 0 N–H and O–H groups in total. The number of rotatable bonds is 6. The van der Waals surface area contributed by atoms with Crippen LogP contribution in [0.25, 0.3) is 11.0 Å². The number of benzene rings is 3. The predicted molar refractivity (Wildman–Crippen MR) is 125 cm³/mol. The average molecular weight is 524 g/mol. The summed E-state index contributed by atoms with van der Waals surface area (Å²) in [4.78, 5) is 35.6. The molecule has 170 valence electrons. The molecule has 1 aromatic heterocycles. The summed E-state index contributed by atoms with van der Waals surface area (Å²) in [5.74, 6) is -1.15. The first kappa shape index (κ1) is 22.0. The molecule has 0 spiro atoms. The van der Waals surface area contributed by atoms with E-state index in [1.807, 2.05) is 0 Å². The van der Waals surface area contributed by atoms with Crippen molar-refractivity contribution in [2.24, 2.45) is 0 Å². The fourth-order valence-corrected chi connectivity index (χ4v) is 4.58. The molecule has 0 saturated carbocycles. The minimum Gasteiger partial charge on any atom is -0.315 e. The summed E-state index contributed by atoms with van der Waals surface area (Å²) in [6.45, 7) is 3.71. The lowest BCUT2D eigenvalue weighted by molar-refractivity contribution is -0.00765. The van der Waals surface area contributed by atoms with Crippen LogP contribution in [-0.4, -0.2) is 26.3 Å². The molecule has 0 radical (unpaired) electrons. The SMILES string of the molecule is C=CC(c1ccccc1OF)n1c(CN2C(=O)c3ccccc3C2=O)nc2cc(F)c(Br)cc21. The van der Waals surface area contributed by atoms with Crippen LogP contribution in [-0.2, 0) is 6.54 Å². The zero-order valence-corrected chi connectivity index (χ0v) is 19.1. The predicted octanol–water partition coefficient (Wildman–Crippen LogP) is 5.77. The zero-order valence-electron chi connectivity index (χ0n) is 17.5. The molecule has 2 amide bonds. The number of nitrogens with zero attached hydrogens (tertiary/aromatic N) is 3. The van der Waals surface area contributed by atoms with Crippen LogP contribution in [0.3, 0.4) is 0 Å². The lowest BCUT2D eigenvalue weighted by Crippen LogP contribution is -2.31. The summed E-state index contributed by atoms with van der Waals surface area (Å²) in [6.07, 6.45) is 1.56. The first-order valence-electron chi connectivity index (χ1n) is 10.3. The van der Waals surface area contributed by atoms with Gasteiger partial charge in [0.1, 0.15) is 11.6 Å². The third-order valence-electron chi connectivity index (χ3n) is 5.80. The molecule has 5 rings (SSSR count). The molecule has 0 saturated heterocycles. The van der Waals surface area contributed by atoms with Gasteiger partial charge in [-0.25, -0.2) is 9.37 Å². The molecule has 1 aliphatic rings. The molecule has 4 aromatic rings. The Morgan fingerprint density at radius 3 is 2.35 bits per heavy atom. The molecule has 0 aliphatic carbocycles. The molecule has 0 fully saturated rings. The Bertz CT molecular complexity index is 1450. The molecule has 1 atom stereocenters. The van der Waals surface area contributed by atoms with E-state index in [-0.39, 0.29) is 16.8 Å². The van der Waals surface area contributed by atoms with Crippen molar-refractivity contribution < 1.29 is 23.4 Å². The summed E-state index contributed by atoms with van der Waals surface area (Å²) in [6, 6.07) is 15.1. The maximum absolute atomic E-state index is 14.3. The van der Waals surface area contributed by atoms with Crippen LogP contribution >= 0.6 is 15.9 Å². The monoisotopic (exact) mass is 523 g/mol. The van der Waals surface area contributed by atoms with E-state index in [9.17, 15) is 18.5 Å². The standard InChI is InChI=1S/C25H16BrF2N3O3/c1-2-20(16-9-5-6-10-22(16)34-28)31-21-11-17(26)18(27)12-19(21)29-23(31)13-30-24(32)14-7-3-4-8-15(14)25(30)33/h2-12,20H,1,13H2. The number of allylic oxidation sites excluding steroid dienone is 1. The van der Waals surface area contributed by atoms with Crippen molar-refractivity contribution in [2.45, 2.75) is 12.6 Å². The molecule has 3 aromatic carbocycles. The largest absolute Gasteiger partial charge is 0.315 e. The third kappa shape index (κ3) is 3.40. The van der Waals surface area contributed by atoms with Crippen molar-refractivity contribution in [3.8, 4) is 5.75 Å². The number of hydrogen-bond acceptors (Lipinski definition) is 4. The number of carbonyl (C=O) groups excluding carboxylic acids is 2.